The first-order valence-electron chi connectivity index (χ1n) is 18.0. The minimum Gasteiger partial charge on any atom is -0.496 e. The lowest BCUT2D eigenvalue weighted by molar-refractivity contribution is -0.219. The molecule has 282 valence electrons. The first kappa shape index (κ1) is 40.8. The number of fused-ring (bicyclic) bond motifs is 5. The number of allylic oxidation sites excluding steroid dienone is 10. The Morgan fingerprint density at radius 3 is 2.37 bits per heavy atom. The number of rotatable bonds is 8. The van der Waals surface area contributed by atoms with E-state index in [9.17, 15) is 29.7 Å². The molecular weight excluding hydrogens is 663 g/mol. The summed E-state index contributed by atoms with van der Waals surface area (Å²) in [6, 6.07) is 2.06. The van der Waals surface area contributed by atoms with Gasteiger partial charge in [-0.2, -0.15) is 0 Å². The van der Waals surface area contributed by atoms with Gasteiger partial charge in [0.25, 0.3) is 0 Å². The summed E-state index contributed by atoms with van der Waals surface area (Å²) < 4.78 is 22.3. The molecular formula is C43H55FO8. The molecule has 3 fully saturated rings. The molecule has 1 aromatic rings. The Morgan fingerprint density at radius 1 is 1.08 bits per heavy atom. The smallest absolute Gasteiger partial charge is 0.328 e. The number of carbonyl (C=O) groups is 3. The zero-order chi connectivity index (χ0) is 39.0. The number of carboxylic acids is 1. The molecule has 9 heteroatoms. The first-order chi connectivity index (χ1) is 24.2. The second kappa shape index (κ2) is 15.2. The number of halogens is 1. The number of aliphatic hydroxyl groups excluding tert-OH is 2. The highest BCUT2D eigenvalue weighted by Gasteiger charge is 2.75. The molecule has 8 atom stereocenters. The number of hydrogen-bond donors (Lipinski definition) is 4. The second-order valence-corrected chi connectivity index (χ2v) is 15.6. The molecule has 4 aliphatic rings. The van der Waals surface area contributed by atoms with Crippen molar-refractivity contribution in [1.82, 2.24) is 0 Å². The van der Waals surface area contributed by atoms with Crippen molar-refractivity contribution in [3.63, 3.8) is 0 Å². The normalized spacial score (nSPS) is 34.3. The van der Waals surface area contributed by atoms with Gasteiger partial charge in [0.1, 0.15) is 18.0 Å². The number of hydrogen-bond acceptors (Lipinski definition) is 7. The van der Waals surface area contributed by atoms with E-state index in [2.05, 4.69) is 39.0 Å². The summed E-state index contributed by atoms with van der Waals surface area (Å²) >= 11 is 0. The third-order valence-electron chi connectivity index (χ3n) is 12.7. The minimum absolute atomic E-state index is 0.0676. The second-order valence-electron chi connectivity index (χ2n) is 15.6. The van der Waals surface area contributed by atoms with E-state index in [-0.39, 0.29) is 18.1 Å². The molecule has 5 rings (SSSR count). The highest BCUT2D eigenvalue weighted by molar-refractivity contribution is 6.01. The van der Waals surface area contributed by atoms with Gasteiger partial charge in [-0.3, -0.25) is 9.59 Å². The minimum atomic E-state index is -1.98. The lowest BCUT2D eigenvalue weighted by atomic mass is 9.44. The Kier molecular flexibility index (Phi) is 11.9. The summed E-state index contributed by atoms with van der Waals surface area (Å²) in [5.74, 6) is -2.14. The van der Waals surface area contributed by atoms with Crippen molar-refractivity contribution in [2.75, 3.05) is 13.7 Å². The Labute approximate surface area is 307 Å². The van der Waals surface area contributed by atoms with Gasteiger partial charge in [0.15, 0.2) is 17.2 Å². The number of carbonyl (C=O) groups excluding carboxylic acids is 2. The summed E-state index contributed by atoms with van der Waals surface area (Å²) in [7, 11) is 1.69. The molecule has 0 radical (unpaired) electrons. The van der Waals surface area contributed by atoms with E-state index in [0.29, 0.717) is 30.4 Å². The topological polar surface area (TPSA) is 141 Å². The molecule has 8 nitrogen and oxygen atoms in total. The summed E-state index contributed by atoms with van der Waals surface area (Å²) in [6.45, 7) is 14.5. The molecule has 0 saturated heterocycles. The van der Waals surface area contributed by atoms with Crippen molar-refractivity contribution < 1.29 is 43.9 Å². The number of Topliss-reactive ketones (excluding diaryl/α,β-unsaturated/α-hetero) is 1. The molecule has 0 aliphatic heterocycles. The zero-order valence-corrected chi connectivity index (χ0v) is 31.9. The third-order valence-corrected chi connectivity index (χ3v) is 12.7. The number of ether oxygens (including phenoxy) is 1. The predicted molar refractivity (Wildman–Crippen MR) is 200 cm³/mol. The van der Waals surface area contributed by atoms with Crippen LogP contribution in [-0.4, -0.2) is 69.1 Å². The Hall–Kier alpha value is -3.92. The number of aryl methyl sites for hydroxylation is 1. The summed E-state index contributed by atoms with van der Waals surface area (Å²) in [5.41, 5.74) is 1.36. The van der Waals surface area contributed by atoms with Gasteiger partial charge in [0.05, 0.1) is 13.2 Å². The van der Waals surface area contributed by atoms with Crippen molar-refractivity contribution in [2.24, 2.45) is 28.6 Å². The maximum Gasteiger partial charge on any atom is 0.328 e. The number of carboxylic acid groups (broad SMARTS) is 1. The maximum absolute atomic E-state index is 16.9. The van der Waals surface area contributed by atoms with Crippen molar-refractivity contribution in [1.29, 1.82) is 0 Å². The van der Waals surface area contributed by atoms with Gasteiger partial charge < -0.3 is 25.2 Å². The lowest BCUT2D eigenvalue weighted by Crippen LogP contribution is -2.69. The number of ketones is 2. The largest absolute Gasteiger partial charge is 0.496 e. The molecule has 0 amide bonds. The van der Waals surface area contributed by atoms with Crippen molar-refractivity contribution in [3.05, 3.63) is 93.6 Å². The van der Waals surface area contributed by atoms with Crippen molar-refractivity contribution in [3.8, 4) is 5.75 Å². The quantitative estimate of drug-likeness (QED) is 0.165. The standard InChI is InChI=1S/C22H29FO5.C21H26O3/c1-12-8-16-15-5-4-13-9-14(25)6-7-19(13,2)21(15,23)17(26)10-20(16,3)22(12,28)18(27)11-24;1-14(8-7-9-15(2)12-21(22)23)10-11-19-16(3)13-20(24-6)18(5)17(19)4/h6-7,9,12,15-17,24,26,28H,4-5,8,10-11H2,1-3H3;7-13H,1-6H3,(H,22,23)/b;9-7+,11-10+,14-8+,15-12+/t12-,15-,16-,17-,19-,20-,21-,22-;/m0./s1. The van der Waals surface area contributed by atoms with Gasteiger partial charge in [-0.25, -0.2) is 9.18 Å². The van der Waals surface area contributed by atoms with E-state index < -0.39 is 58.4 Å². The van der Waals surface area contributed by atoms with Crippen LogP contribution in [0.2, 0.25) is 0 Å². The highest BCUT2D eigenvalue weighted by Crippen LogP contribution is 2.70. The fourth-order valence-electron chi connectivity index (χ4n) is 9.66. The number of benzene rings is 1. The molecule has 4 N–H and O–H groups in total. The average Bonchev–Trinajstić information content (AvgIpc) is 3.28. The highest BCUT2D eigenvalue weighted by atomic mass is 19.1. The molecule has 0 heterocycles. The van der Waals surface area contributed by atoms with Crippen LogP contribution in [0.4, 0.5) is 4.39 Å². The Balaban J connectivity index is 0.000000236. The van der Waals surface area contributed by atoms with Crippen LogP contribution in [0.1, 0.15) is 82.6 Å². The van der Waals surface area contributed by atoms with Crippen LogP contribution < -0.4 is 4.74 Å². The van der Waals surface area contributed by atoms with Gasteiger partial charge in [0, 0.05) is 22.8 Å². The van der Waals surface area contributed by atoms with E-state index in [0.717, 1.165) is 16.9 Å². The molecule has 52 heavy (non-hydrogen) atoms. The third kappa shape index (κ3) is 6.83. The van der Waals surface area contributed by atoms with Gasteiger partial charge in [-0.1, -0.05) is 61.4 Å². The van der Waals surface area contributed by atoms with Crippen LogP contribution in [0.3, 0.4) is 0 Å². The van der Waals surface area contributed by atoms with E-state index in [1.807, 2.05) is 19.1 Å². The fraction of sp³-hybridized carbons (Fsp3) is 0.512. The lowest BCUT2D eigenvalue weighted by Gasteiger charge is -2.62. The molecule has 1 aromatic carbocycles. The van der Waals surface area contributed by atoms with E-state index >= 15 is 4.39 Å². The van der Waals surface area contributed by atoms with Crippen LogP contribution in [0, 0.1) is 49.4 Å². The molecule has 0 spiro atoms. The van der Waals surface area contributed by atoms with Gasteiger partial charge in [-0.05, 0) is 125 Å². The Bertz CT molecular complexity index is 1800. The predicted octanol–water partition coefficient (Wildman–Crippen LogP) is 7.06. The van der Waals surface area contributed by atoms with Crippen molar-refractivity contribution in [2.45, 2.75) is 98.4 Å². The van der Waals surface area contributed by atoms with Crippen LogP contribution in [0.15, 0.2) is 71.4 Å². The summed E-state index contributed by atoms with van der Waals surface area (Å²) in [4.78, 5) is 34.9. The number of alkyl halides is 1. The van der Waals surface area contributed by atoms with Crippen LogP contribution >= 0.6 is 0 Å². The molecule has 4 aliphatic carbocycles. The fourth-order valence-corrected chi connectivity index (χ4v) is 9.66. The molecule has 3 saturated carbocycles. The van der Waals surface area contributed by atoms with Gasteiger partial charge in [0.2, 0.25) is 0 Å². The maximum atomic E-state index is 16.9. The van der Waals surface area contributed by atoms with Gasteiger partial charge >= 0.3 is 5.97 Å². The Morgan fingerprint density at radius 2 is 1.75 bits per heavy atom. The number of aliphatic carboxylic acids is 1. The number of aliphatic hydroxyl groups is 3. The van der Waals surface area contributed by atoms with Crippen LogP contribution in [-0.2, 0) is 14.4 Å². The summed E-state index contributed by atoms with van der Waals surface area (Å²) in [5, 5.41) is 40.6. The van der Waals surface area contributed by atoms with E-state index in [4.69, 9.17) is 9.84 Å². The average molecular weight is 719 g/mol. The van der Waals surface area contributed by atoms with E-state index in [1.165, 1.54) is 34.9 Å². The molecule has 0 unspecified atom stereocenters. The molecule has 0 bridgehead atoms. The van der Waals surface area contributed by atoms with Crippen LogP contribution in [0.25, 0.3) is 6.08 Å². The zero-order valence-electron chi connectivity index (χ0n) is 31.9. The van der Waals surface area contributed by atoms with Crippen LogP contribution in [0.5, 0.6) is 5.75 Å². The first-order valence-corrected chi connectivity index (χ1v) is 18.0. The molecule has 0 aromatic heterocycles. The summed E-state index contributed by atoms with van der Waals surface area (Å²) in [6.07, 6.45) is 15.4. The number of methoxy groups -OCH3 is 1. The van der Waals surface area contributed by atoms with Gasteiger partial charge in [-0.15, -0.1) is 0 Å². The monoisotopic (exact) mass is 718 g/mol. The van der Waals surface area contributed by atoms with E-state index in [1.54, 1.807) is 47.0 Å². The SMILES string of the molecule is COc1cc(C)c(/C=C/C(C)=C/C=C/C(C)=C/C(=O)O)c(C)c1C.C[C@H]1C[C@H]2[C@@H]3CCC4=CC(=O)C=C[C@]4(C)[C@@]3(F)[C@@H](O)C[C@]2(C)[C@@]1(O)C(=O)CO. The van der Waals surface area contributed by atoms with Crippen molar-refractivity contribution >= 4 is 23.6 Å².